The van der Waals surface area contributed by atoms with Crippen molar-refractivity contribution in [2.45, 2.75) is 51.8 Å². The van der Waals surface area contributed by atoms with E-state index < -0.39 is 5.60 Å². The maximum atomic E-state index is 13.6. The van der Waals surface area contributed by atoms with E-state index in [2.05, 4.69) is 10.2 Å². The number of benzene rings is 2. The van der Waals surface area contributed by atoms with Crippen LogP contribution in [0.2, 0.25) is 0 Å². The fourth-order valence-electron chi connectivity index (χ4n) is 4.91. The molecule has 0 saturated heterocycles. The molecule has 0 bridgehead atoms. The van der Waals surface area contributed by atoms with Gasteiger partial charge in [-0.05, 0) is 61.4 Å². The summed E-state index contributed by atoms with van der Waals surface area (Å²) in [4.78, 5) is 15.5. The van der Waals surface area contributed by atoms with Crippen LogP contribution < -0.4 is 4.74 Å². The van der Waals surface area contributed by atoms with Crippen LogP contribution in [0.4, 0.5) is 0 Å². The zero-order valence-corrected chi connectivity index (χ0v) is 18.8. The number of rotatable bonds is 6. The Morgan fingerprint density at radius 1 is 1.19 bits per heavy atom. The third kappa shape index (κ3) is 3.46. The molecule has 7 heteroatoms. The van der Waals surface area contributed by atoms with Crippen molar-refractivity contribution in [3.63, 3.8) is 0 Å². The lowest BCUT2D eigenvalue weighted by Crippen LogP contribution is -2.51. The SMILES string of the molecule is COc1cc(-c2cccc3c2C(=O)N(C(C2CC2)C(C)(C)O)C3)ccc1-c1nnc(C)o1. The predicted molar refractivity (Wildman–Crippen MR) is 119 cm³/mol. The quantitative estimate of drug-likeness (QED) is 0.626. The highest BCUT2D eigenvalue weighted by atomic mass is 16.5. The number of carbonyl (C=O) groups excluding carboxylic acids is 1. The van der Waals surface area contributed by atoms with Crippen LogP contribution in [0.15, 0.2) is 40.8 Å². The van der Waals surface area contributed by atoms with Gasteiger partial charge in [0.25, 0.3) is 11.8 Å². The van der Waals surface area contributed by atoms with Crippen molar-refractivity contribution in [3.05, 3.63) is 53.4 Å². The Morgan fingerprint density at radius 2 is 1.97 bits per heavy atom. The molecule has 1 fully saturated rings. The van der Waals surface area contributed by atoms with E-state index in [-0.39, 0.29) is 11.9 Å². The van der Waals surface area contributed by atoms with Gasteiger partial charge in [0.15, 0.2) is 0 Å². The first-order valence-electron chi connectivity index (χ1n) is 10.9. The van der Waals surface area contributed by atoms with Crippen LogP contribution in [0, 0.1) is 12.8 Å². The van der Waals surface area contributed by atoms with Crippen molar-refractivity contribution >= 4 is 5.91 Å². The van der Waals surface area contributed by atoms with Gasteiger partial charge in [-0.3, -0.25) is 4.79 Å². The highest BCUT2D eigenvalue weighted by Gasteiger charge is 2.48. The first-order chi connectivity index (χ1) is 15.3. The van der Waals surface area contributed by atoms with Gasteiger partial charge >= 0.3 is 0 Å². The van der Waals surface area contributed by atoms with E-state index in [0.717, 1.165) is 29.5 Å². The van der Waals surface area contributed by atoms with Crippen LogP contribution in [0.5, 0.6) is 5.75 Å². The van der Waals surface area contributed by atoms with Gasteiger partial charge < -0.3 is 19.2 Å². The molecule has 1 unspecified atom stereocenters. The summed E-state index contributed by atoms with van der Waals surface area (Å²) in [6, 6.07) is 11.5. The highest BCUT2D eigenvalue weighted by molar-refractivity contribution is 6.05. The average molecular weight is 434 g/mol. The van der Waals surface area contributed by atoms with Crippen LogP contribution >= 0.6 is 0 Å². The normalized spacial score (nSPS) is 16.9. The van der Waals surface area contributed by atoms with Gasteiger partial charge in [-0.25, -0.2) is 0 Å². The van der Waals surface area contributed by atoms with E-state index in [0.29, 0.717) is 41.1 Å². The van der Waals surface area contributed by atoms with Crippen LogP contribution in [-0.2, 0) is 6.54 Å². The minimum atomic E-state index is -0.952. The summed E-state index contributed by atoms with van der Waals surface area (Å²) in [6.45, 7) is 5.86. The molecule has 1 atom stereocenters. The second-order valence-electron chi connectivity index (χ2n) is 9.25. The Balaban J connectivity index is 1.54. The van der Waals surface area contributed by atoms with Crippen molar-refractivity contribution in [1.82, 2.24) is 15.1 Å². The lowest BCUT2D eigenvalue weighted by molar-refractivity contribution is -0.0224. The Morgan fingerprint density at radius 3 is 2.59 bits per heavy atom. The predicted octanol–water partition coefficient (Wildman–Crippen LogP) is 4.23. The van der Waals surface area contributed by atoms with E-state index in [1.54, 1.807) is 27.9 Å². The molecule has 7 nitrogen and oxygen atoms in total. The average Bonchev–Trinajstić information content (AvgIpc) is 3.40. The molecule has 0 spiro atoms. The summed E-state index contributed by atoms with van der Waals surface area (Å²) in [5.41, 5.74) is 3.16. The molecule has 2 aliphatic rings. The minimum absolute atomic E-state index is 0.0230. The molecular formula is C25H27N3O4. The van der Waals surface area contributed by atoms with Gasteiger partial charge in [0.2, 0.25) is 5.89 Å². The smallest absolute Gasteiger partial charge is 0.255 e. The third-order valence-corrected chi connectivity index (χ3v) is 6.36. The summed E-state index contributed by atoms with van der Waals surface area (Å²) in [5, 5.41) is 18.8. The molecule has 2 heterocycles. The molecule has 1 saturated carbocycles. The number of aromatic nitrogens is 2. The second-order valence-corrected chi connectivity index (χ2v) is 9.25. The van der Waals surface area contributed by atoms with E-state index in [1.807, 2.05) is 41.3 Å². The Hall–Kier alpha value is -3.19. The fraction of sp³-hybridized carbons (Fsp3) is 0.400. The summed E-state index contributed by atoms with van der Waals surface area (Å²) in [5.74, 6) is 1.80. The Kier molecular flexibility index (Phi) is 4.82. The monoisotopic (exact) mass is 433 g/mol. The second kappa shape index (κ2) is 7.45. The van der Waals surface area contributed by atoms with E-state index in [1.165, 1.54) is 0 Å². The number of ether oxygens (including phenoxy) is 1. The summed E-state index contributed by atoms with van der Waals surface area (Å²) in [7, 11) is 1.59. The zero-order valence-electron chi connectivity index (χ0n) is 18.8. The molecule has 2 aromatic carbocycles. The number of nitrogens with zero attached hydrogens (tertiary/aromatic N) is 3. The molecule has 0 radical (unpaired) electrons. The molecule has 1 amide bonds. The van der Waals surface area contributed by atoms with Crippen LogP contribution in [0.25, 0.3) is 22.6 Å². The first kappa shape index (κ1) is 20.7. The van der Waals surface area contributed by atoms with Crippen molar-refractivity contribution in [3.8, 4) is 28.3 Å². The number of methoxy groups -OCH3 is 1. The van der Waals surface area contributed by atoms with E-state index in [9.17, 15) is 9.90 Å². The lowest BCUT2D eigenvalue weighted by atomic mass is 9.92. The van der Waals surface area contributed by atoms with Crippen molar-refractivity contribution in [1.29, 1.82) is 0 Å². The van der Waals surface area contributed by atoms with Gasteiger partial charge in [-0.15, -0.1) is 10.2 Å². The molecule has 5 rings (SSSR count). The molecule has 32 heavy (non-hydrogen) atoms. The van der Waals surface area contributed by atoms with Crippen LogP contribution in [0.1, 0.15) is 48.5 Å². The number of hydrogen-bond donors (Lipinski definition) is 1. The number of aliphatic hydroxyl groups is 1. The Labute approximate surface area is 187 Å². The summed E-state index contributed by atoms with van der Waals surface area (Å²) in [6.07, 6.45) is 2.10. The number of amides is 1. The largest absolute Gasteiger partial charge is 0.496 e. The maximum Gasteiger partial charge on any atom is 0.255 e. The highest BCUT2D eigenvalue weighted by Crippen LogP contribution is 2.44. The van der Waals surface area contributed by atoms with Gasteiger partial charge in [-0.2, -0.15) is 0 Å². The maximum absolute atomic E-state index is 13.6. The molecule has 3 aromatic rings. The number of aryl methyl sites for hydroxylation is 1. The lowest BCUT2D eigenvalue weighted by Gasteiger charge is -2.37. The molecule has 1 N–H and O–H groups in total. The van der Waals surface area contributed by atoms with E-state index in [4.69, 9.17) is 9.15 Å². The first-order valence-corrected chi connectivity index (χ1v) is 10.9. The van der Waals surface area contributed by atoms with Crippen LogP contribution in [-0.4, -0.2) is 44.9 Å². The van der Waals surface area contributed by atoms with Crippen molar-refractivity contribution in [2.24, 2.45) is 5.92 Å². The van der Waals surface area contributed by atoms with E-state index >= 15 is 0 Å². The van der Waals surface area contributed by atoms with Gasteiger partial charge in [0.05, 0.1) is 29.9 Å². The number of fused-ring (bicyclic) bond motifs is 1. The molecule has 1 aliphatic carbocycles. The van der Waals surface area contributed by atoms with Gasteiger partial charge in [0, 0.05) is 13.5 Å². The number of carbonyl (C=O) groups is 1. The van der Waals surface area contributed by atoms with Crippen molar-refractivity contribution < 1.29 is 19.1 Å². The number of hydrogen-bond acceptors (Lipinski definition) is 6. The van der Waals surface area contributed by atoms with Crippen LogP contribution in [0.3, 0.4) is 0 Å². The molecule has 1 aliphatic heterocycles. The summed E-state index contributed by atoms with van der Waals surface area (Å²) < 4.78 is 11.2. The van der Waals surface area contributed by atoms with Gasteiger partial charge in [0.1, 0.15) is 5.75 Å². The van der Waals surface area contributed by atoms with Gasteiger partial charge in [-0.1, -0.05) is 24.3 Å². The molecular weight excluding hydrogens is 406 g/mol. The molecule has 166 valence electrons. The zero-order chi connectivity index (χ0) is 22.6. The topological polar surface area (TPSA) is 88.7 Å². The standard InChI is InChI=1S/C25H27N3O4/c1-14-26-27-23(32-14)19-11-10-16(12-20(19)31-4)18-7-5-6-17-13-28(24(29)21(17)18)22(15-8-9-15)25(2,3)30/h5-7,10-12,15,22,30H,8-9,13H2,1-4H3. The minimum Gasteiger partial charge on any atom is -0.496 e. The Bertz CT molecular complexity index is 1190. The summed E-state index contributed by atoms with van der Waals surface area (Å²) >= 11 is 0. The molecule has 1 aromatic heterocycles. The fourth-order valence-corrected chi connectivity index (χ4v) is 4.91. The van der Waals surface area contributed by atoms with Crippen molar-refractivity contribution in [2.75, 3.05) is 7.11 Å². The third-order valence-electron chi connectivity index (χ3n) is 6.36.